The van der Waals surface area contributed by atoms with Gasteiger partial charge in [-0.15, -0.1) is 11.3 Å². The molecule has 1 aromatic heterocycles. The Labute approximate surface area is 88.1 Å². The summed E-state index contributed by atoms with van der Waals surface area (Å²) in [6.45, 7) is 1.53. The molecule has 1 atom stereocenters. The van der Waals surface area contributed by atoms with Crippen molar-refractivity contribution in [3.8, 4) is 6.07 Å². The van der Waals surface area contributed by atoms with Gasteiger partial charge >= 0.3 is 5.97 Å². The summed E-state index contributed by atoms with van der Waals surface area (Å²) in [7, 11) is 0. The van der Waals surface area contributed by atoms with Crippen LogP contribution in [-0.2, 0) is 4.74 Å². The van der Waals surface area contributed by atoms with E-state index in [-0.39, 0.29) is 0 Å². The summed E-state index contributed by atoms with van der Waals surface area (Å²) in [4.78, 5) is 11.2. The van der Waals surface area contributed by atoms with Gasteiger partial charge in [-0.3, -0.25) is 0 Å². The second kappa shape index (κ2) is 4.40. The van der Waals surface area contributed by atoms with E-state index >= 15 is 0 Å². The predicted octanol–water partition coefficient (Wildman–Crippen LogP) is 2.58. The van der Waals surface area contributed by atoms with Crippen molar-refractivity contribution >= 4 is 33.2 Å². The van der Waals surface area contributed by atoms with Crippen LogP contribution < -0.4 is 0 Å². The Morgan fingerprint density at radius 2 is 2.54 bits per heavy atom. The molecule has 5 heteroatoms. The lowest BCUT2D eigenvalue weighted by molar-refractivity contribution is 0.0436. The zero-order chi connectivity index (χ0) is 9.84. The van der Waals surface area contributed by atoms with Gasteiger partial charge in [-0.2, -0.15) is 5.26 Å². The molecule has 0 fully saturated rings. The van der Waals surface area contributed by atoms with Crippen molar-refractivity contribution < 1.29 is 9.53 Å². The number of hydrogen-bond donors (Lipinski definition) is 0. The summed E-state index contributed by atoms with van der Waals surface area (Å²) in [5.74, 6) is -0.462. The third-order valence-electron chi connectivity index (χ3n) is 1.27. The molecule has 0 aromatic carbocycles. The normalized spacial score (nSPS) is 11.8. The Kier molecular flexibility index (Phi) is 3.46. The van der Waals surface area contributed by atoms with E-state index in [0.717, 1.165) is 3.79 Å². The van der Waals surface area contributed by atoms with Gasteiger partial charge in [0.05, 0.1) is 9.35 Å². The maximum atomic E-state index is 11.2. The quantitative estimate of drug-likeness (QED) is 0.768. The number of hydrogen-bond acceptors (Lipinski definition) is 4. The van der Waals surface area contributed by atoms with Gasteiger partial charge in [0.25, 0.3) is 0 Å². The van der Waals surface area contributed by atoms with E-state index in [1.165, 1.54) is 18.3 Å². The summed E-state index contributed by atoms with van der Waals surface area (Å²) in [6, 6.07) is 3.48. The van der Waals surface area contributed by atoms with Gasteiger partial charge in [-0.25, -0.2) is 4.79 Å². The van der Waals surface area contributed by atoms with Gasteiger partial charge in [0.1, 0.15) is 6.07 Å². The maximum absolute atomic E-state index is 11.2. The molecular formula is C8H6BrNO2S. The SMILES string of the molecule is CC(C#N)OC(=O)c1csc(Br)c1. The summed E-state index contributed by atoms with van der Waals surface area (Å²) in [6.07, 6.45) is -0.703. The van der Waals surface area contributed by atoms with Crippen LogP contribution in [0.25, 0.3) is 0 Å². The number of esters is 1. The number of carbonyl (C=O) groups excluding carboxylic acids is 1. The molecule has 0 amide bonds. The van der Waals surface area contributed by atoms with Crippen molar-refractivity contribution in [1.82, 2.24) is 0 Å². The summed E-state index contributed by atoms with van der Waals surface area (Å²) < 4.78 is 5.65. The highest BCUT2D eigenvalue weighted by atomic mass is 79.9. The highest BCUT2D eigenvalue weighted by molar-refractivity contribution is 9.11. The molecule has 0 aliphatic carbocycles. The molecule has 68 valence electrons. The summed E-state index contributed by atoms with van der Waals surface area (Å²) >= 11 is 4.63. The van der Waals surface area contributed by atoms with Gasteiger partial charge in [0.15, 0.2) is 6.10 Å². The molecule has 0 bridgehead atoms. The lowest BCUT2D eigenvalue weighted by Crippen LogP contribution is -2.12. The van der Waals surface area contributed by atoms with Crippen LogP contribution in [0.2, 0.25) is 0 Å². The Bertz CT molecular complexity index is 355. The van der Waals surface area contributed by atoms with Crippen molar-refractivity contribution in [1.29, 1.82) is 5.26 Å². The molecule has 0 saturated carbocycles. The molecular weight excluding hydrogens is 254 g/mol. The molecule has 13 heavy (non-hydrogen) atoms. The van der Waals surface area contributed by atoms with Gasteiger partial charge in [0, 0.05) is 5.38 Å². The highest BCUT2D eigenvalue weighted by Gasteiger charge is 2.12. The first-order valence-electron chi connectivity index (χ1n) is 3.48. The number of rotatable bonds is 2. The van der Waals surface area contributed by atoms with E-state index in [1.807, 2.05) is 6.07 Å². The zero-order valence-electron chi connectivity index (χ0n) is 6.78. The van der Waals surface area contributed by atoms with E-state index < -0.39 is 12.1 Å². The number of ether oxygens (including phenoxy) is 1. The van der Waals surface area contributed by atoms with Crippen LogP contribution >= 0.6 is 27.3 Å². The largest absolute Gasteiger partial charge is 0.444 e. The van der Waals surface area contributed by atoms with Crippen LogP contribution in [0.4, 0.5) is 0 Å². The van der Waals surface area contributed by atoms with Crippen LogP contribution in [0.3, 0.4) is 0 Å². The number of thiophene rings is 1. The molecule has 1 heterocycles. The predicted molar refractivity (Wildman–Crippen MR) is 52.5 cm³/mol. The summed E-state index contributed by atoms with van der Waals surface area (Å²) in [5, 5.41) is 10.1. The molecule has 0 N–H and O–H groups in total. The molecule has 0 aliphatic rings. The smallest absolute Gasteiger partial charge is 0.340 e. The number of carbonyl (C=O) groups is 1. The molecule has 1 rings (SSSR count). The first kappa shape index (κ1) is 10.2. The molecule has 0 aliphatic heterocycles. The first-order valence-corrected chi connectivity index (χ1v) is 5.15. The number of nitrogens with zero attached hydrogens (tertiary/aromatic N) is 1. The minimum absolute atomic E-state index is 0.462. The van der Waals surface area contributed by atoms with Crippen LogP contribution in [0.1, 0.15) is 17.3 Å². The van der Waals surface area contributed by atoms with Crippen LogP contribution in [0, 0.1) is 11.3 Å². The second-order valence-corrected chi connectivity index (χ2v) is 4.61. The fourth-order valence-corrected chi connectivity index (χ4v) is 1.80. The fourth-order valence-electron chi connectivity index (χ4n) is 0.672. The third kappa shape index (κ3) is 2.83. The summed E-state index contributed by atoms with van der Waals surface area (Å²) in [5.41, 5.74) is 0.471. The molecule has 1 aromatic rings. The van der Waals surface area contributed by atoms with Gasteiger partial charge in [-0.1, -0.05) is 0 Å². The second-order valence-electron chi connectivity index (χ2n) is 2.32. The monoisotopic (exact) mass is 259 g/mol. The average Bonchev–Trinajstić information content (AvgIpc) is 2.51. The molecule has 0 spiro atoms. The molecule has 1 unspecified atom stereocenters. The van der Waals surface area contributed by atoms with E-state index in [2.05, 4.69) is 15.9 Å². The number of halogens is 1. The number of nitriles is 1. The standard InChI is InChI=1S/C8H6BrNO2S/c1-5(3-10)12-8(11)6-2-7(9)13-4-6/h2,4-5H,1H3. The average molecular weight is 260 g/mol. The maximum Gasteiger partial charge on any atom is 0.340 e. The van der Waals surface area contributed by atoms with Crippen LogP contribution in [0.15, 0.2) is 15.2 Å². The topological polar surface area (TPSA) is 50.1 Å². The van der Waals surface area contributed by atoms with Crippen molar-refractivity contribution in [2.75, 3.05) is 0 Å². The van der Waals surface area contributed by atoms with Crippen molar-refractivity contribution in [3.05, 3.63) is 20.8 Å². The molecule has 0 saturated heterocycles. The zero-order valence-corrected chi connectivity index (χ0v) is 9.18. The Morgan fingerprint density at radius 1 is 1.85 bits per heavy atom. The Morgan fingerprint density at radius 3 is 3.00 bits per heavy atom. The third-order valence-corrected chi connectivity index (χ3v) is 2.77. The Balaban J connectivity index is 2.65. The van der Waals surface area contributed by atoms with Gasteiger partial charge < -0.3 is 4.74 Å². The fraction of sp³-hybridized carbons (Fsp3) is 0.250. The molecule has 0 radical (unpaired) electrons. The van der Waals surface area contributed by atoms with Crippen molar-refractivity contribution in [2.24, 2.45) is 0 Å². The van der Waals surface area contributed by atoms with Gasteiger partial charge in [-0.05, 0) is 28.9 Å². The lowest BCUT2D eigenvalue weighted by Gasteiger charge is -2.02. The van der Waals surface area contributed by atoms with Crippen molar-refractivity contribution in [2.45, 2.75) is 13.0 Å². The van der Waals surface area contributed by atoms with E-state index in [1.54, 1.807) is 11.4 Å². The highest BCUT2D eigenvalue weighted by Crippen LogP contribution is 2.21. The minimum Gasteiger partial charge on any atom is -0.444 e. The molecule has 3 nitrogen and oxygen atoms in total. The first-order chi connectivity index (χ1) is 6.13. The van der Waals surface area contributed by atoms with Crippen molar-refractivity contribution in [3.63, 3.8) is 0 Å². The van der Waals surface area contributed by atoms with E-state index in [4.69, 9.17) is 10.00 Å². The Hall–Kier alpha value is -0.860. The lowest BCUT2D eigenvalue weighted by atomic mass is 10.3. The van der Waals surface area contributed by atoms with E-state index in [9.17, 15) is 4.79 Å². The van der Waals surface area contributed by atoms with E-state index in [0.29, 0.717) is 5.56 Å². The van der Waals surface area contributed by atoms with Gasteiger partial charge in [0.2, 0.25) is 0 Å². The van der Waals surface area contributed by atoms with Crippen LogP contribution in [-0.4, -0.2) is 12.1 Å². The minimum atomic E-state index is -0.703. The van der Waals surface area contributed by atoms with Crippen LogP contribution in [0.5, 0.6) is 0 Å².